The summed E-state index contributed by atoms with van der Waals surface area (Å²) in [5.74, 6) is -0.865. The van der Waals surface area contributed by atoms with Crippen molar-refractivity contribution in [3.8, 4) is 0 Å². The van der Waals surface area contributed by atoms with Crippen LogP contribution in [-0.4, -0.2) is 16.1 Å². The number of carbonyl (C=O) groups is 1. The zero-order valence-corrected chi connectivity index (χ0v) is 8.90. The van der Waals surface area contributed by atoms with Gasteiger partial charge in [-0.2, -0.15) is 5.10 Å². The third kappa shape index (κ3) is 2.25. The van der Waals surface area contributed by atoms with Crippen LogP contribution in [0.2, 0.25) is 0 Å². The smallest absolute Gasteiger partial charge is 0.254 e. The number of aromatic amines is 1. The second kappa shape index (κ2) is 4.25. The lowest BCUT2D eigenvalue weighted by atomic mass is 10.1. The number of hydrogen-bond donors (Lipinski definition) is 3. The predicted molar refractivity (Wildman–Crippen MR) is 60.7 cm³/mol. The van der Waals surface area contributed by atoms with Crippen LogP contribution in [0.3, 0.4) is 0 Å². The molecule has 0 spiro atoms. The Labute approximate surface area is 96.6 Å². The standard InChI is InChI=1S/C11H11FN4O/c12-7-3-1-6(2-4-7)5-8-9(11(14)17)10(13)16-15-8/h1-4H,5H2,(H2,14,17)(H3,13,15,16). The van der Waals surface area contributed by atoms with Crippen LogP contribution < -0.4 is 11.5 Å². The third-order valence-corrected chi connectivity index (χ3v) is 2.41. The molecule has 0 bridgehead atoms. The number of rotatable bonds is 3. The van der Waals surface area contributed by atoms with Crippen molar-refractivity contribution in [3.63, 3.8) is 0 Å². The van der Waals surface area contributed by atoms with E-state index in [1.807, 2.05) is 0 Å². The maximum atomic E-state index is 12.7. The Morgan fingerprint density at radius 2 is 2.00 bits per heavy atom. The van der Waals surface area contributed by atoms with Gasteiger partial charge in [-0.3, -0.25) is 9.89 Å². The Kier molecular flexibility index (Phi) is 2.78. The molecule has 0 aliphatic carbocycles. The number of nitrogens with one attached hydrogen (secondary N) is 1. The number of hydrogen-bond acceptors (Lipinski definition) is 3. The Hall–Kier alpha value is -2.37. The van der Waals surface area contributed by atoms with Crippen LogP contribution in [0.4, 0.5) is 10.2 Å². The summed E-state index contributed by atoms with van der Waals surface area (Å²) >= 11 is 0. The molecular formula is C11H11FN4O. The van der Waals surface area contributed by atoms with E-state index < -0.39 is 5.91 Å². The summed E-state index contributed by atoms with van der Waals surface area (Å²) in [6.07, 6.45) is 0.392. The van der Waals surface area contributed by atoms with Crippen molar-refractivity contribution in [2.45, 2.75) is 6.42 Å². The highest BCUT2D eigenvalue weighted by atomic mass is 19.1. The minimum Gasteiger partial charge on any atom is -0.382 e. The number of nitrogens with two attached hydrogens (primary N) is 2. The summed E-state index contributed by atoms with van der Waals surface area (Å²) in [6.45, 7) is 0. The number of nitrogen functional groups attached to an aromatic ring is 1. The summed E-state index contributed by atoms with van der Waals surface area (Å²) in [5, 5.41) is 6.38. The van der Waals surface area contributed by atoms with Gasteiger partial charge < -0.3 is 11.5 Å². The molecule has 1 aromatic heterocycles. The normalized spacial score (nSPS) is 10.4. The van der Waals surface area contributed by atoms with Crippen molar-refractivity contribution < 1.29 is 9.18 Å². The monoisotopic (exact) mass is 234 g/mol. The van der Waals surface area contributed by atoms with Gasteiger partial charge in [0.25, 0.3) is 5.91 Å². The van der Waals surface area contributed by atoms with Crippen molar-refractivity contribution in [1.82, 2.24) is 10.2 Å². The van der Waals surface area contributed by atoms with Crippen LogP contribution in [0.15, 0.2) is 24.3 Å². The van der Waals surface area contributed by atoms with Crippen LogP contribution in [0, 0.1) is 5.82 Å². The third-order valence-electron chi connectivity index (χ3n) is 2.41. The van der Waals surface area contributed by atoms with Crippen LogP contribution in [0.5, 0.6) is 0 Å². The number of anilines is 1. The highest BCUT2D eigenvalue weighted by Gasteiger charge is 2.16. The zero-order valence-electron chi connectivity index (χ0n) is 8.90. The van der Waals surface area contributed by atoms with E-state index in [0.717, 1.165) is 5.56 Å². The molecule has 17 heavy (non-hydrogen) atoms. The van der Waals surface area contributed by atoms with Crippen LogP contribution in [-0.2, 0) is 6.42 Å². The molecule has 5 N–H and O–H groups in total. The van der Waals surface area contributed by atoms with Gasteiger partial charge in [-0.15, -0.1) is 0 Å². The van der Waals surface area contributed by atoms with Crippen LogP contribution >= 0.6 is 0 Å². The van der Waals surface area contributed by atoms with Gasteiger partial charge in [0.2, 0.25) is 0 Å². The first-order valence-corrected chi connectivity index (χ1v) is 4.95. The average Bonchev–Trinajstić information content (AvgIpc) is 2.63. The molecular weight excluding hydrogens is 223 g/mol. The molecule has 1 heterocycles. The van der Waals surface area contributed by atoms with Gasteiger partial charge in [0.1, 0.15) is 11.4 Å². The fourth-order valence-corrected chi connectivity index (χ4v) is 1.60. The summed E-state index contributed by atoms with van der Waals surface area (Å²) in [5.41, 5.74) is 12.3. The Bertz CT molecular complexity index is 547. The number of nitrogens with zero attached hydrogens (tertiary/aromatic N) is 1. The SMILES string of the molecule is NC(=O)c1c(N)n[nH]c1Cc1ccc(F)cc1. The first-order chi connectivity index (χ1) is 8.08. The summed E-state index contributed by atoms with van der Waals surface area (Å²) in [6, 6.07) is 5.94. The first kappa shape index (κ1) is 11.1. The van der Waals surface area contributed by atoms with Gasteiger partial charge in [0.05, 0.1) is 5.69 Å². The zero-order chi connectivity index (χ0) is 12.4. The number of benzene rings is 1. The second-order valence-electron chi connectivity index (χ2n) is 3.63. The molecule has 5 nitrogen and oxygen atoms in total. The molecule has 0 radical (unpaired) electrons. The molecule has 88 valence electrons. The van der Waals surface area contributed by atoms with E-state index in [1.165, 1.54) is 12.1 Å². The largest absolute Gasteiger partial charge is 0.382 e. The Morgan fingerprint density at radius 3 is 2.59 bits per heavy atom. The minimum absolute atomic E-state index is 0.0783. The van der Waals surface area contributed by atoms with Gasteiger partial charge in [-0.05, 0) is 17.7 Å². The summed E-state index contributed by atoms with van der Waals surface area (Å²) < 4.78 is 12.7. The lowest BCUT2D eigenvalue weighted by Gasteiger charge is -2.01. The number of halogens is 1. The van der Waals surface area contributed by atoms with Crippen molar-refractivity contribution in [3.05, 3.63) is 46.9 Å². The Morgan fingerprint density at radius 1 is 1.35 bits per heavy atom. The second-order valence-corrected chi connectivity index (χ2v) is 3.63. The molecule has 0 fully saturated rings. The van der Waals surface area contributed by atoms with E-state index in [-0.39, 0.29) is 17.2 Å². The maximum absolute atomic E-state index is 12.7. The minimum atomic E-state index is -0.631. The van der Waals surface area contributed by atoms with E-state index >= 15 is 0 Å². The van der Waals surface area contributed by atoms with E-state index in [4.69, 9.17) is 11.5 Å². The number of H-pyrrole nitrogens is 1. The number of amides is 1. The lowest BCUT2D eigenvalue weighted by Crippen LogP contribution is -2.14. The quantitative estimate of drug-likeness (QED) is 0.733. The highest BCUT2D eigenvalue weighted by Crippen LogP contribution is 2.16. The number of aromatic nitrogens is 2. The highest BCUT2D eigenvalue weighted by molar-refractivity contribution is 5.98. The molecule has 0 saturated heterocycles. The van der Waals surface area contributed by atoms with E-state index in [1.54, 1.807) is 12.1 Å². The van der Waals surface area contributed by atoms with Gasteiger partial charge >= 0.3 is 0 Å². The van der Waals surface area contributed by atoms with Crippen molar-refractivity contribution in [2.24, 2.45) is 5.73 Å². The van der Waals surface area contributed by atoms with E-state index in [9.17, 15) is 9.18 Å². The topological polar surface area (TPSA) is 97.8 Å². The molecule has 2 rings (SSSR count). The van der Waals surface area contributed by atoms with Gasteiger partial charge in [0.15, 0.2) is 5.82 Å². The summed E-state index contributed by atoms with van der Waals surface area (Å²) in [7, 11) is 0. The van der Waals surface area contributed by atoms with Gasteiger partial charge in [-0.1, -0.05) is 12.1 Å². The first-order valence-electron chi connectivity index (χ1n) is 4.95. The molecule has 2 aromatic rings. The Balaban J connectivity index is 2.30. The van der Waals surface area contributed by atoms with Crippen LogP contribution in [0.1, 0.15) is 21.6 Å². The van der Waals surface area contributed by atoms with E-state index in [2.05, 4.69) is 10.2 Å². The molecule has 0 aliphatic rings. The molecule has 1 amide bonds. The van der Waals surface area contributed by atoms with Crippen LogP contribution in [0.25, 0.3) is 0 Å². The lowest BCUT2D eigenvalue weighted by molar-refractivity contribution is 0.100. The average molecular weight is 234 g/mol. The van der Waals surface area contributed by atoms with E-state index in [0.29, 0.717) is 12.1 Å². The predicted octanol–water partition coefficient (Wildman–Crippen LogP) is 0.821. The maximum Gasteiger partial charge on any atom is 0.254 e. The van der Waals surface area contributed by atoms with Gasteiger partial charge in [0, 0.05) is 6.42 Å². The van der Waals surface area contributed by atoms with Crippen molar-refractivity contribution in [2.75, 3.05) is 5.73 Å². The van der Waals surface area contributed by atoms with Gasteiger partial charge in [-0.25, -0.2) is 4.39 Å². The van der Waals surface area contributed by atoms with Crippen molar-refractivity contribution in [1.29, 1.82) is 0 Å². The molecule has 1 aromatic carbocycles. The molecule has 0 atom stereocenters. The fourth-order valence-electron chi connectivity index (χ4n) is 1.60. The molecule has 6 heteroatoms. The number of primary amides is 1. The summed E-state index contributed by atoms with van der Waals surface area (Å²) in [4.78, 5) is 11.2. The number of carbonyl (C=O) groups excluding carboxylic acids is 1. The molecule has 0 saturated carbocycles. The molecule has 0 aliphatic heterocycles. The molecule has 0 unspecified atom stereocenters. The fraction of sp³-hybridized carbons (Fsp3) is 0.0909. The van der Waals surface area contributed by atoms with Crippen molar-refractivity contribution >= 4 is 11.7 Å².